The van der Waals surface area contributed by atoms with Crippen LogP contribution in [0.3, 0.4) is 0 Å². The van der Waals surface area contributed by atoms with Crippen molar-refractivity contribution < 1.29 is 8.78 Å². The SMILES string of the molecule is Cc1cc(-c2ccccc2-c2ccc(-c3ccc(F)cc3F)nc2)cc(-c2ccccc2-c2cnc(-c3ccccc3)cc2-c2ccc3c(ccc4ccccc43)c2)c1. The second-order valence-electron chi connectivity index (χ2n) is 14.9. The van der Waals surface area contributed by atoms with Crippen molar-refractivity contribution in [2.75, 3.05) is 0 Å². The molecular formula is C55H36F2N2. The van der Waals surface area contributed by atoms with Gasteiger partial charge in [-0.3, -0.25) is 9.97 Å². The van der Waals surface area contributed by atoms with Crippen LogP contribution in [0.1, 0.15) is 5.56 Å². The van der Waals surface area contributed by atoms with Gasteiger partial charge in [0.05, 0.1) is 11.4 Å². The third-order valence-electron chi connectivity index (χ3n) is 11.2. The molecule has 0 amide bonds. The summed E-state index contributed by atoms with van der Waals surface area (Å²) in [4.78, 5) is 9.67. The molecule has 0 saturated heterocycles. The standard InChI is InChI=1S/C55H36F2N2/c1-35-27-41(46-16-8-7-15-45(46)40-22-26-54(58-33-40)50-25-23-43(56)31-53(50)57)30-42(28-35)47-17-9-10-18-49(47)52-34-59-55(37-12-3-2-4-13-37)32-51(52)39-21-24-48-38(29-39)20-19-36-11-5-6-14-44(36)48/h2-34H,1H3. The maximum absolute atomic E-state index is 14.6. The van der Waals surface area contributed by atoms with Crippen LogP contribution in [0.5, 0.6) is 0 Å². The molecule has 0 radical (unpaired) electrons. The smallest absolute Gasteiger partial charge is 0.135 e. The number of nitrogens with zero attached hydrogens (tertiary/aromatic N) is 2. The molecule has 0 spiro atoms. The van der Waals surface area contributed by atoms with Gasteiger partial charge >= 0.3 is 0 Å². The van der Waals surface area contributed by atoms with E-state index in [-0.39, 0.29) is 5.56 Å². The summed E-state index contributed by atoms with van der Waals surface area (Å²) < 4.78 is 28.2. The number of fused-ring (bicyclic) bond motifs is 3. The van der Waals surface area contributed by atoms with E-state index in [9.17, 15) is 8.78 Å². The molecule has 0 unspecified atom stereocenters. The second-order valence-corrected chi connectivity index (χ2v) is 14.9. The fourth-order valence-corrected chi connectivity index (χ4v) is 8.32. The number of aryl methyl sites for hydroxylation is 1. The molecule has 0 bridgehead atoms. The van der Waals surface area contributed by atoms with Crippen LogP contribution in [0.15, 0.2) is 200 Å². The summed E-state index contributed by atoms with van der Waals surface area (Å²) in [6, 6.07) is 63.2. The molecule has 2 heterocycles. The molecule has 280 valence electrons. The number of rotatable bonds is 7. The van der Waals surface area contributed by atoms with Crippen LogP contribution in [0.2, 0.25) is 0 Å². The Morgan fingerprint density at radius 3 is 1.71 bits per heavy atom. The van der Waals surface area contributed by atoms with Crippen molar-refractivity contribution in [1.82, 2.24) is 9.97 Å². The number of hydrogen-bond donors (Lipinski definition) is 0. The van der Waals surface area contributed by atoms with Gasteiger partial charge in [-0.25, -0.2) is 8.78 Å². The summed E-state index contributed by atoms with van der Waals surface area (Å²) in [5.74, 6) is -1.26. The number of aromatic nitrogens is 2. The van der Waals surface area contributed by atoms with E-state index >= 15 is 0 Å². The topological polar surface area (TPSA) is 25.8 Å². The Morgan fingerprint density at radius 2 is 0.966 bits per heavy atom. The molecule has 0 saturated carbocycles. The summed E-state index contributed by atoms with van der Waals surface area (Å²) in [5.41, 5.74) is 14.4. The maximum atomic E-state index is 14.6. The van der Waals surface area contributed by atoms with Gasteiger partial charge < -0.3 is 0 Å². The Kier molecular flexibility index (Phi) is 9.15. The first kappa shape index (κ1) is 35.8. The molecule has 0 aliphatic heterocycles. The summed E-state index contributed by atoms with van der Waals surface area (Å²) >= 11 is 0. The molecule has 0 atom stereocenters. The van der Waals surface area contributed by atoms with Gasteiger partial charge in [-0.05, 0) is 115 Å². The van der Waals surface area contributed by atoms with Crippen molar-refractivity contribution in [2.24, 2.45) is 0 Å². The van der Waals surface area contributed by atoms with E-state index in [0.717, 1.165) is 78.5 Å². The van der Waals surface area contributed by atoms with Crippen LogP contribution in [0, 0.1) is 18.6 Å². The highest BCUT2D eigenvalue weighted by molar-refractivity contribution is 6.09. The summed E-state index contributed by atoms with van der Waals surface area (Å²) in [6.45, 7) is 2.13. The normalized spacial score (nSPS) is 11.3. The molecule has 0 aliphatic carbocycles. The van der Waals surface area contributed by atoms with Crippen molar-refractivity contribution in [1.29, 1.82) is 0 Å². The van der Waals surface area contributed by atoms with Crippen LogP contribution >= 0.6 is 0 Å². The zero-order chi connectivity index (χ0) is 39.9. The highest BCUT2D eigenvalue weighted by Crippen LogP contribution is 2.42. The third kappa shape index (κ3) is 6.85. The third-order valence-corrected chi connectivity index (χ3v) is 11.2. The number of pyridine rings is 2. The van der Waals surface area contributed by atoms with Gasteiger partial charge in [0.2, 0.25) is 0 Å². The fraction of sp³-hybridized carbons (Fsp3) is 0.0182. The summed E-state index contributed by atoms with van der Waals surface area (Å²) in [5, 5.41) is 4.89. The molecule has 2 aromatic heterocycles. The van der Waals surface area contributed by atoms with Crippen LogP contribution in [-0.2, 0) is 0 Å². The molecule has 0 N–H and O–H groups in total. The monoisotopic (exact) mass is 762 g/mol. The van der Waals surface area contributed by atoms with Crippen LogP contribution in [0.4, 0.5) is 8.78 Å². The molecular weight excluding hydrogens is 727 g/mol. The van der Waals surface area contributed by atoms with Gasteiger partial charge in [-0.1, -0.05) is 146 Å². The minimum Gasteiger partial charge on any atom is -0.256 e. The van der Waals surface area contributed by atoms with Crippen LogP contribution < -0.4 is 0 Å². The van der Waals surface area contributed by atoms with E-state index in [1.165, 1.54) is 33.7 Å². The van der Waals surface area contributed by atoms with E-state index < -0.39 is 11.6 Å². The lowest BCUT2D eigenvalue weighted by Crippen LogP contribution is -1.94. The Bertz CT molecular complexity index is 3190. The lowest BCUT2D eigenvalue weighted by molar-refractivity contribution is 0.585. The Labute approximate surface area is 341 Å². The summed E-state index contributed by atoms with van der Waals surface area (Å²) in [6.07, 6.45) is 3.79. The van der Waals surface area contributed by atoms with Crippen molar-refractivity contribution >= 4 is 21.5 Å². The lowest BCUT2D eigenvalue weighted by Gasteiger charge is -2.18. The Hall–Kier alpha value is -7.56. The molecule has 59 heavy (non-hydrogen) atoms. The molecule has 4 heteroatoms. The Morgan fingerprint density at radius 1 is 0.339 bits per heavy atom. The van der Waals surface area contributed by atoms with E-state index in [1.54, 1.807) is 12.3 Å². The Balaban J connectivity index is 1.09. The van der Waals surface area contributed by atoms with Gasteiger partial charge in [-0.2, -0.15) is 0 Å². The van der Waals surface area contributed by atoms with Crippen molar-refractivity contribution in [3.63, 3.8) is 0 Å². The highest BCUT2D eigenvalue weighted by Gasteiger charge is 2.18. The zero-order valence-corrected chi connectivity index (χ0v) is 32.2. The van der Waals surface area contributed by atoms with Crippen molar-refractivity contribution in [3.8, 4) is 78.1 Å². The summed E-state index contributed by atoms with van der Waals surface area (Å²) in [7, 11) is 0. The van der Waals surface area contributed by atoms with Gasteiger partial charge in [-0.15, -0.1) is 0 Å². The van der Waals surface area contributed by atoms with Gasteiger partial charge in [0.15, 0.2) is 0 Å². The average Bonchev–Trinajstić information content (AvgIpc) is 3.29. The fourth-order valence-electron chi connectivity index (χ4n) is 8.32. The van der Waals surface area contributed by atoms with Crippen molar-refractivity contribution in [2.45, 2.75) is 6.92 Å². The quantitative estimate of drug-likeness (QED) is 0.151. The molecule has 10 aromatic rings. The highest BCUT2D eigenvalue weighted by atomic mass is 19.1. The van der Waals surface area contributed by atoms with Crippen molar-refractivity contribution in [3.05, 3.63) is 218 Å². The number of halogens is 2. The van der Waals surface area contributed by atoms with Crippen LogP contribution in [0.25, 0.3) is 99.7 Å². The molecule has 10 rings (SSSR count). The molecule has 0 aliphatic rings. The van der Waals surface area contributed by atoms with E-state index in [1.807, 2.05) is 30.5 Å². The first-order chi connectivity index (χ1) is 29.0. The van der Waals surface area contributed by atoms with E-state index in [2.05, 4.69) is 151 Å². The minimum atomic E-state index is -0.640. The number of hydrogen-bond acceptors (Lipinski definition) is 2. The molecule has 0 fully saturated rings. The van der Waals surface area contributed by atoms with Gasteiger partial charge in [0, 0.05) is 40.7 Å². The predicted octanol–water partition coefficient (Wildman–Crippen LogP) is 15.0. The van der Waals surface area contributed by atoms with Gasteiger partial charge in [0.25, 0.3) is 0 Å². The van der Waals surface area contributed by atoms with E-state index in [4.69, 9.17) is 4.98 Å². The molecule has 2 nitrogen and oxygen atoms in total. The number of benzene rings is 8. The average molecular weight is 763 g/mol. The zero-order valence-electron chi connectivity index (χ0n) is 32.2. The molecule has 8 aromatic carbocycles. The lowest BCUT2D eigenvalue weighted by atomic mass is 9.87. The van der Waals surface area contributed by atoms with Gasteiger partial charge in [0.1, 0.15) is 11.6 Å². The largest absolute Gasteiger partial charge is 0.256 e. The first-order valence-corrected chi connectivity index (χ1v) is 19.7. The maximum Gasteiger partial charge on any atom is 0.135 e. The minimum absolute atomic E-state index is 0.260. The first-order valence-electron chi connectivity index (χ1n) is 19.7. The van der Waals surface area contributed by atoms with Crippen LogP contribution in [-0.4, -0.2) is 9.97 Å². The second kappa shape index (κ2) is 15.1. The predicted molar refractivity (Wildman–Crippen MR) is 240 cm³/mol. The van der Waals surface area contributed by atoms with E-state index in [0.29, 0.717) is 5.69 Å².